The molecule has 2 aromatic carbocycles. The predicted molar refractivity (Wildman–Crippen MR) is 79.8 cm³/mol. The van der Waals surface area contributed by atoms with Crippen LogP contribution < -0.4 is 0 Å². The summed E-state index contributed by atoms with van der Waals surface area (Å²) in [4.78, 5) is 0. The van der Waals surface area contributed by atoms with Crippen LogP contribution in [0.4, 0.5) is 0 Å². The fourth-order valence-corrected chi connectivity index (χ4v) is 2.31. The van der Waals surface area contributed by atoms with E-state index in [1.165, 1.54) is 0 Å². The van der Waals surface area contributed by atoms with Crippen molar-refractivity contribution >= 4 is 0 Å². The molecule has 0 atom stereocenters. The van der Waals surface area contributed by atoms with Crippen LogP contribution in [0.5, 0.6) is 5.75 Å². The minimum absolute atomic E-state index is 0.0755. The van der Waals surface area contributed by atoms with Crippen molar-refractivity contribution in [2.75, 3.05) is 0 Å². The zero-order valence-electron chi connectivity index (χ0n) is 10.9. The fourth-order valence-electron chi connectivity index (χ4n) is 2.31. The van der Waals surface area contributed by atoms with Crippen LogP contribution in [0.25, 0.3) is 11.1 Å². The minimum atomic E-state index is 0.0755. The van der Waals surface area contributed by atoms with Gasteiger partial charge in [0.25, 0.3) is 0 Å². The Bertz CT molecular complexity index is 582. The Morgan fingerprint density at radius 2 is 1.58 bits per heavy atom. The highest BCUT2D eigenvalue weighted by Crippen LogP contribution is 2.34. The molecule has 95 valence electrons. The fraction of sp³-hybridized carbons (Fsp3) is 0.111. The standard InChI is InChI=1S/C18H17O/c1-3-8-14-12-13-17(19)16(9-4-2)18(14)15-10-6-5-7-11-15/h3-7,10-13H,1-2,8-9H2. The first-order chi connectivity index (χ1) is 9.27. The Labute approximate surface area is 114 Å². The lowest BCUT2D eigenvalue weighted by Gasteiger charge is -2.14. The molecule has 0 N–H and O–H groups in total. The molecule has 0 aliphatic heterocycles. The van der Waals surface area contributed by atoms with Gasteiger partial charge in [-0.05, 0) is 35.6 Å². The molecule has 0 saturated carbocycles. The summed E-state index contributed by atoms with van der Waals surface area (Å²) in [5, 5.41) is 12.1. The highest BCUT2D eigenvalue weighted by Gasteiger charge is 2.14. The van der Waals surface area contributed by atoms with E-state index in [0.29, 0.717) is 6.42 Å². The number of hydrogen-bond donors (Lipinski definition) is 0. The molecule has 0 aromatic heterocycles. The molecule has 0 unspecified atom stereocenters. The van der Waals surface area contributed by atoms with Gasteiger partial charge in [0.2, 0.25) is 0 Å². The molecule has 1 radical (unpaired) electrons. The van der Waals surface area contributed by atoms with Crippen LogP contribution in [-0.4, -0.2) is 0 Å². The van der Waals surface area contributed by atoms with E-state index in [1.54, 1.807) is 12.1 Å². The van der Waals surface area contributed by atoms with Gasteiger partial charge in [0.05, 0.1) is 0 Å². The molecule has 0 fully saturated rings. The van der Waals surface area contributed by atoms with Gasteiger partial charge in [-0.25, -0.2) is 0 Å². The van der Waals surface area contributed by atoms with Gasteiger partial charge < -0.3 is 0 Å². The lowest BCUT2D eigenvalue weighted by Crippen LogP contribution is -1.95. The molecule has 2 aromatic rings. The van der Waals surface area contributed by atoms with Crippen LogP contribution in [0, 0.1) is 0 Å². The van der Waals surface area contributed by atoms with E-state index in [4.69, 9.17) is 0 Å². The van der Waals surface area contributed by atoms with Crippen LogP contribution in [-0.2, 0) is 17.9 Å². The zero-order chi connectivity index (χ0) is 13.7. The van der Waals surface area contributed by atoms with Gasteiger partial charge >= 0.3 is 0 Å². The molecule has 0 aliphatic carbocycles. The second-order valence-electron chi connectivity index (χ2n) is 4.43. The van der Waals surface area contributed by atoms with Crippen molar-refractivity contribution in [1.29, 1.82) is 0 Å². The molecule has 1 nitrogen and oxygen atoms in total. The SMILES string of the molecule is C=CCc1ccc([O])c(CC=C)c1-c1ccccc1. The Morgan fingerprint density at radius 1 is 0.895 bits per heavy atom. The largest absolute Gasteiger partial charge is 0.290 e. The maximum absolute atomic E-state index is 12.1. The van der Waals surface area contributed by atoms with Gasteiger partial charge in [-0.15, -0.1) is 13.2 Å². The normalized spacial score (nSPS) is 10.1. The second kappa shape index (κ2) is 6.05. The summed E-state index contributed by atoms with van der Waals surface area (Å²) < 4.78 is 0. The van der Waals surface area contributed by atoms with Crippen molar-refractivity contribution in [3.8, 4) is 16.9 Å². The second-order valence-corrected chi connectivity index (χ2v) is 4.43. The van der Waals surface area contributed by atoms with Crippen molar-refractivity contribution in [2.24, 2.45) is 0 Å². The van der Waals surface area contributed by atoms with Gasteiger partial charge in [0, 0.05) is 5.56 Å². The van der Waals surface area contributed by atoms with Crippen molar-refractivity contribution < 1.29 is 5.11 Å². The van der Waals surface area contributed by atoms with Gasteiger partial charge in [0.1, 0.15) is 0 Å². The summed E-state index contributed by atoms with van der Waals surface area (Å²) >= 11 is 0. The Balaban J connectivity index is 2.68. The van der Waals surface area contributed by atoms with E-state index in [1.807, 2.05) is 42.5 Å². The molecule has 0 aliphatic rings. The van der Waals surface area contributed by atoms with E-state index in [-0.39, 0.29) is 5.75 Å². The van der Waals surface area contributed by atoms with Gasteiger partial charge in [-0.3, -0.25) is 5.11 Å². The zero-order valence-corrected chi connectivity index (χ0v) is 10.9. The minimum Gasteiger partial charge on any atom is -0.290 e. The quantitative estimate of drug-likeness (QED) is 0.668. The molecule has 0 amide bonds. The summed E-state index contributed by atoms with van der Waals surface area (Å²) in [6.07, 6.45) is 4.99. The number of allylic oxidation sites excluding steroid dienone is 2. The van der Waals surface area contributed by atoms with Crippen molar-refractivity contribution in [3.05, 3.63) is 78.9 Å². The number of hydrogen-bond acceptors (Lipinski definition) is 0. The molecule has 0 bridgehead atoms. The number of benzene rings is 2. The molecule has 2 rings (SSSR count). The molecule has 0 saturated heterocycles. The Kier molecular flexibility index (Phi) is 4.19. The average Bonchev–Trinajstić information content (AvgIpc) is 2.44. The molecule has 0 spiro atoms. The van der Waals surface area contributed by atoms with Crippen LogP contribution in [0.15, 0.2) is 67.8 Å². The van der Waals surface area contributed by atoms with Crippen LogP contribution >= 0.6 is 0 Å². The van der Waals surface area contributed by atoms with E-state index in [2.05, 4.69) is 13.2 Å². The first kappa shape index (κ1) is 13.2. The maximum atomic E-state index is 12.1. The predicted octanol–water partition coefficient (Wildman–Crippen LogP) is 4.95. The molecular weight excluding hydrogens is 232 g/mol. The third kappa shape index (κ3) is 2.76. The lowest BCUT2D eigenvalue weighted by atomic mass is 9.90. The van der Waals surface area contributed by atoms with E-state index in [0.717, 1.165) is 28.7 Å². The summed E-state index contributed by atoms with van der Waals surface area (Å²) in [7, 11) is 0. The van der Waals surface area contributed by atoms with Gasteiger partial charge in [-0.2, -0.15) is 0 Å². The van der Waals surface area contributed by atoms with E-state index >= 15 is 0 Å². The summed E-state index contributed by atoms with van der Waals surface area (Å²) in [5.41, 5.74) is 4.07. The summed E-state index contributed by atoms with van der Waals surface area (Å²) in [6, 6.07) is 13.6. The van der Waals surface area contributed by atoms with Gasteiger partial charge in [0.15, 0.2) is 5.75 Å². The van der Waals surface area contributed by atoms with Crippen LogP contribution in [0.1, 0.15) is 11.1 Å². The van der Waals surface area contributed by atoms with Gasteiger partial charge in [-0.1, -0.05) is 48.6 Å². The molecular formula is C18H17O. The monoisotopic (exact) mass is 249 g/mol. The summed E-state index contributed by atoms with van der Waals surface area (Å²) in [5.74, 6) is 0.0755. The van der Waals surface area contributed by atoms with Crippen LogP contribution in [0.3, 0.4) is 0 Å². The maximum Gasteiger partial charge on any atom is 0.182 e. The highest BCUT2D eigenvalue weighted by molar-refractivity contribution is 5.74. The number of rotatable bonds is 5. The third-order valence-corrected chi connectivity index (χ3v) is 3.13. The van der Waals surface area contributed by atoms with Crippen molar-refractivity contribution in [3.63, 3.8) is 0 Å². The topological polar surface area (TPSA) is 19.9 Å². The van der Waals surface area contributed by atoms with E-state index < -0.39 is 0 Å². The van der Waals surface area contributed by atoms with Crippen molar-refractivity contribution in [2.45, 2.75) is 12.8 Å². The first-order valence-corrected chi connectivity index (χ1v) is 6.37. The average molecular weight is 249 g/mol. The summed E-state index contributed by atoms with van der Waals surface area (Å²) in [6.45, 7) is 7.54. The molecule has 1 heteroatoms. The molecule has 19 heavy (non-hydrogen) atoms. The third-order valence-electron chi connectivity index (χ3n) is 3.13. The molecule has 0 heterocycles. The first-order valence-electron chi connectivity index (χ1n) is 6.37. The smallest absolute Gasteiger partial charge is 0.182 e. The lowest BCUT2D eigenvalue weighted by molar-refractivity contribution is 0.351. The van der Waals surface area contributed by atoms with Crippen molar-refractivity contribution in [1.82, 2.24) is 0 Å². The van der Waals surface area contributed by atoms with E-state index in [9.17, 15) is 5.11 Å². The Morgan fingerprint density at radius 3 is 2.21 bits per heavy atom. The van der Waals surface area contributed by atoms with Crippen LogP contribution in [0.2, 0.25) is 0 Å². The Hall–Kier alpha value is -2.28. The highest BCUT2D eigenvalue weighted by atomic mass is 16.3.